The third kappa shape index (κ3) is 4.58. The van der Waals surface area contributed by atoms with E-state index in [4.69, 9.17) is 0 Å². The number of carbonyl (C=O) groups excluding carboxylic acids is 2. The van der Waals surface area contributed by atoms with Gasteiger partial charge in [-0.2, -0.15) is 0 Å². The molecule has 8 atom stereocenters. The van der Waals surface area contributed by atoms with Gasteiger partial charge in [-0.1, -0.05) is 43.2 Å². The maximum Gasteiger partial charge on any atom is 0.243 e. The van der Waals surface area contributed by atoms with Gasteiger partial charge in [0.25, 0.3) is 0 Å². The molecular formula is C29H41N3O3. The molecule has 8 unspecified atom stereocenters. The summed E-state index contributed by atoms with van der Waals surface area (Å²) >= 11 is 0. The van der Waals surface area contributed by atoms with Crippen LogP contribution in [0.3, 0.4) is 0 Å². The largest absolute Gasteiger partial charge is 0.378 e. The van der Waals surface area contributed by atoms with Gasteiger partial charge in [0.05, 0.1) is 6.04 Å². The molecule has 190 valence electrons. The zero-order valence-corrected chi connectivity index (χ0v) is 20.9. The number of aliphatic hydroxyl groups is 1. The van der Waals surface area contributed by atoms with Crippen LogP contribution in [-0.2, 0) is 16.1 Å². The topological polar surface area (TPSA) is 72.9 Å². The van der Waals surface area contributed by atoms with Crippen LogP contribution < -0.4 is 5.32 Å². The summed E-state index contributed by atoms with van der Waals surface area (Å²) in [4.78, 5) is 28.9. The molecule has 5 aliphatic rings. The molecule has 2 aliphatic carbocycles. The molecule has 6 nitrogen and oxygen atoms in total. The van der Waals surface area contributed by atoms with Gasteiger partial charge in [0, 0.05) is 31.5 Å². The Morgan fingerprint density at radius 1 is 0.886 bits per heavy atom. The van der Waals surface area contributed by atoms with Crippen molar-refractivity contribution in [3.63, 3.8) is 0 Å². The molecule has 2 saturated carbocycles. The van der Waals surface area contributed by atoms with Gasteiger partial charge in [0.15, 0.2) is 0 Å². The van der Waals surface area contributed by atoms with Crippen molar-refractivity contribution in [1.29, 1.82) is 0 Å². The van der Waals surface area contributed by atoms with Gasteiger partial charge >= 0.3 is 0 Å². The van der Waals surface area contributed by atoms with Crippen molar-refractivity contribution in [1.82, 2.24) is 15.1 Å². The van der Waals surface area contributed by atoms with E-state index in [2.05, 4.69) is 40.5 Å². The quantitative estimate of drug-likeness (QED) is 0.647. The highest BCUT2D eigenvalue weighted by Crippen LogP contribution is 2.51. The van der Waals surface area contributed by atoms with Crippen molar-refractivity contribution in [3.05, 3.63) is 35.9 Å². The number of hydrogen-bond donors (Lipinski definition) is 2. The summed E-state index contributed by atoms with van der Waals surface area (Å²) in [5.74, 6) is 2.70. The lowest BCUT2D eigenvalue weighted by Crippen LogP contribution is -2.54. The summed E-state index contributed by atoms with van der Waals surface area (Å²) in [6, 6.07) is 11.3. The fourth-order valence-corrected chi connectivity index (χ4v) is 8.64. The molecule has 2 N–H and O–H groups in total. The molecule has 1 aromatic carbocycles. The second-order valence-electron chi connectivity index (χ2n) is 12.0. The Bertz CT molecular complexity index is 923. The number of hydrogen-bond acceptors (Lipinski definition) is 5. The number of imide groups is 1. The van der Waals surface area contributed by atoms with E-state index in [1.807, 2.05) is 4.90 Å². The van der Waals surface area contributed by atoms with Gasteiger partial charge in [0.1, 0.15) is 6.23 Å². The predicted octanol–water partition coefficient (Wildman–Crippen LogP) is 3.54. The van der Waals surface area contributed by atoms with Crippen molar-refractivity contribution in [2.24, 2.45) is 29.6 Å². The van der Waals surface area contributed by atoms with Crippen LogP contribution in [0.1, 0.15) is 69.8 Å². The molecule has 35 heavy (non-hydrogen) atoms. The number of likely N-dealkylation sites (tertiary alicyclic amines) is 2. The molecule has 0 spiro atoms. The van der Waals surface area contributed by atoms with Crippen LogP contribution in [0, 0.1) is 29.6 Å². The van der Waals surface area contributed by atoms with E-state index in [1.54, 1.807) is 0 Å². The van der Waals surface area contributed by atoms with Crippen LogP contribution in [0.25, 0.3) is 0 Å². The van der Waals surface area contributed by atoms with Crippen LogP contribution in [-0.4, -0.2) is 58.1 Å². The van der Waals surface area contributed by atoms with Gasteiger partial charge in [-0.05, 0) is 80.7 Å². The molecule has 0 radical (unpaired) electrons. The van der Waals surface area contributed by atoms with Gasteiger partial charge in [-0.3, -0.25) is 24.7 Å². The van der Waals surface area contributed by atoms with Crippen molar-refractivity contribution in [2.45, 2.75) is 89.1 Å². The summed E-state index contributed by atoms with van der Waals surface area (Å²) in [5.41, 5.74) is 1.43. The molecule has 3 aliphatic heterocycles. The molecule has 0 aromatic heterocycles. The highest BCUT2D eigenvalue weighted by atomic mass is 16.3. The van der Waals surface area contributed by atoms with Crippen molar-refractivity contribution >= 4 is 11.8 Å². The minimum atomic E-state index is -0.542. The Morgan fingerprint density at radius 3 is 2.54 bits per heavy atom. The molecule has 0 bridgehead atoms. The first-order chi connectivity index (χ1) is 17.1. The average molecular weight is 480 g/mol. The van der Waals surface area contributed by atoms with E-state index < -0.39 is 6.23 Å². The number of nitrogens with one attached hydrogen (secondary N) is 1. The minimum absolute atomic E-state index is 0.182. The molecule has 3 heterocycles. The molecule has 6 rings (SSSR count). The lowest BCUT2D eigenvalue weighted by atomic mass is 9.62. The summed E-state index contributed by atoms with van der Waals surface area (Å²) in [6.45, 7) is 3.09. The van der Waals surface area contributed by atoms with E-state index in [0.717, 1.165) is 43.3 Å². The smallest absolute Gasteiger partial charge is 0.243 e. The SMILES string of the molecule is O=C1CCC(N2CC3CC(C4CCN(Cc5ccccc5)C5CCCCC45)CCC3C2O)C(=O)N1. The normalized spacial score (nSPS) is 40.7. The van der Waals surface area contributed by atoms with Crippen LogP contribution in [0.15, 0.2) is 30.3 Å². The summed E-state index contributed by atoms with van der Waals surface area (Å²) in [6.07, 6.45) is 10.6. The zero-order valence-electron chi connectivity index (χ0n) is 20.9. The second-order valence-corrected chi connectivity index (χ2v) is 12.0. The fraction of sp³-hybridized carbons (Fsp3) is 0.724. The van der Waals surface area contributed by atoms with Gasteiger partial charge in [-0.25, -0.2) is 0 Å². The Labute approximate surface area is 209 Å². The first kappa shape index (κ1) is 23.6. The molecule has 2 amide bonds. The lowest BCUT2D eigenvalue weighted by Gasteiger charge is -2.52. The Hall–Kier alpha value is -1.76. The van der Waals surface area contributed by atoms with E-state index in [0.29, 0.717) is 18.8 Å². The standard InChI is InChI=1S/C29H41N3O3/c33-27-13-12-26(28(34)30-27)32-18-21-16-20(10-11-23(21)29(32)35)22-14-15-31(17-19-6-2-1-3-7-19)25-9-5-4-8-24(22)25/h1-3,6-7,20-26,29,35H,4-5,8-18H2,(H,30,33,34). The molecule has 1 aromatic rings. The summed E-state index contributed by atoms with van der Waals surface area (Å²) in [5, 5.41) is 13.6. The van der Waals surface area contributed by atoms with Crippen LogP contribution in [0.5, 0.6) is 0 Å². The molecular weight excluding hydrogens is 438 g/mol. The van der Waals surface area contributed by atoms with Crippen molar-refractivity contribution in [3.8, 4) is 0 Å². The van der Waals surface area contributed by atoms with Crippen LogP contribution >= 0.6 is 0 Å². The monoisotopic (exact) mass is 479 g/mol. The first-order valence-electron chi connectivity index (χ1n) is 14.1. The highest BCUT2D eigenvalue weighted by Gasteiger charge is 2.51. The van der Waals surface area contributed by atoms with Crippen molar-refractivity contribution in [2.75, 3.05) is 13.1 Å². The summed E-state index contributed by atoms with van der Waals surface area (Å²) in [7, 11) is 0. The Balaban J connectivity index is 1.12. The van der Waals surface area contributed by atoms with Crippen LogP contribution in [0.4, 0.5) is 0 Å². The van der Waals surface area contributed by atoms with E-state index in [1.165, 1.54) is 57.1 Å². The Kier molecular flexibility index (Phi) is 6.72. The third-order valence-corrected chi connectivity index (χ3v) is 10.2. The predicted molar refractivity (Wildman–Crippen MR) is 134 cm³/mol. The number of nitrogens with zero attached hydrogens (tertiary/aromatic N) is 2. The number of benzene rings is 1. The Morgan fingerprint density at radius 2 is 1.71 bits per heavy atom. The van der Waals surface area contributed by atoms with Gasteiger partial charge in [0.2, 0.25) is 11.8 Å². The second kappa shape index (κ2) is 9.95. The lowest BCUT2D eigenvalue weighted by molar-refractivity contribution is -0.141. The number of carbonyl (C=O) groups is 2. The maximum absolute atomic E-state index is 12.5. The van der Waals surface area contributed by atoms with E-state index in [-0.39, 0.29) is 23.8 Å². The number of amides is 2. The summed E-state index contributed by atoms with van der Waals surface area (Å²) < 4.78 is 0. The fourth-order valence-electron chi connectivity index (χ4n) is 8.64. The molecule has 6 heteroatoms. The minimum Gasteiger partial charge on any atom is -0.378 e. The number of aliphatic hydroxyl groups excluding tert-OH is 1. The zero-order chi connectivity index (χ0) is 23.9. The average Bonchev–Trinajstić information content (AvgIpc) is 3.20. The van der Waals surface area contributed by atoms with Crippen LogP contribution in [0.2, 0.25) is 0 Å². The first-order valence-corrected chi connectivity index (χ1v) is 14.1. The van der Waals surface area contributed by atoms with E-state index in [9.17, 15) is 14.7 Å². The number of fused-ring (bicyclic) bond motifs is 2. The number of rotatable bonds is 4. The van der Waals surface area contributed by atoms with Gasteiger partial charge < -0.3 is 5.11 Å². The number of piperidine rings is 2. The molecule has 3 saturated heterocycles. The highest BCUT2D eigenvalue weighted by molar-refractivity contribution is 6.00. The maximum atomic E-state index is 12.5. The van der Waals surface area contributed by atoms with Crippen molar-refractivity contribution < 1.29 is 14.7 Å². The van der Waals surface area contributed by atoms with E-state index >= 15 is 0 Å². The third-order valence-electron chi connectivity index (χ3n) is 10.2. The molecule has 5 fully saturated rings. The van der Waals surface area contributed by atoms with Gasteiger partial charge in [-0.15, -0.1) is 0 Å².